The second kappa shape index (κ2) is 9.51. The van der Waals surface area contributed by atoms with Gasteiger partial charge in [-0.1, -0.05) is 59.0 Å². The topological polar surface area (TPSA) is 0 Å². The summed E-state index contributed by atoms with van der Waals surface area (Å²) in [4.78, 5) is 0. The van der Waals surface area contributed by atoms with Crippen LogP contribution in [0.2, 0.25) is 0 Å². The summed E-state index contributed by atoms with van der Waals surface area (Å²) >= 11 is 3.44. The second-order valence-corrected chi connectivity index (χ2v) is 4.49. The number of allylic oxidation sites excluding steroid dienone is 4. The minimum atomic E-state index is 0.996. The molecule has 82 valence electrons. The Bertz CT molecular complexity index is 189. The third-order valence-corrected chi connectivity index (χ3v) is 3.20. The maximum Gasteiger partial charge on any atom is 0.0239 e. The molecule has 0 saturated heterocycles. The SMILES string of the molecule is CCCCCC(C)=CCC=C(C)CBr. The summed E-state index contributed by atoms with van der Waals surface area (Å²) in [5.41, 5.74) is 2.96. The molecule has 0 aromatic rings. The Morgan fingerprint density at radius 3 is 2.29 bits per heavy atom. The van der Waals surface area contributed by atoms with Crippen molar-refractivity contribution in [2.45, 2.75) is 52.9 Å². The lowest BCUT2D eigenvalue weighted by Crippen LogP contribution is -1.80. The highest BCUT2D eigenvalue weighted by Gasteiger charge is 1.89. The number of unbranched alkanes of at least 4 members (excludes halogenated alkanes) is 2. The molecule has 0 atom stereocenters. The number of hydrogen-bond donors (Lipinski definition) is 0. The van der Waals surface area contributed by atoms with Gasteiger partial charge in [0.05, 0.1) is 0 Å². The van der Waals surface area contributed by atoms with Gasteiger partial charge in [0, 0.05) is 5.33 Å². The molecule has 0 fully saturated rings. The highest BCUT2D eigenvalue weighted by molar-refractivity contribution is 9.09. The fraction of sp³-hybridized carbons (Fsp3) is 0.692. The molecule has 0 unspecified atom stereocenters. The number of hydrogen-bond acceptors (Lipinski definition) is 0. The average molecular weight is 259 g/mol. The third kappa shape index (κ3) is 8.55. The van der Waals surface area contributed by atoms with Gasteiger partial charge < -0.3 is 0 Å². The van der Waals surface area contributed by atoms with Gasteiger partial charge >= 0.3 is 0 Å². The van der Waals surface area contributed by atoms with E-state index in [0.717, 1.165) is 11.8 Å². The van der Waals surface area contributed by atoms with Crippen LogP contribution in [0.15, 0.2) is 23.3 Å². The maximum atomic E-state index is 3.44. The van der Waals surface area contributed by atoms with Gasteiger partial charge in [0.15, 0.2) is 0 Å². The Hall–Kier alpha value is -0.0400. The zero-order chi connectivity index (χ0) is 10.8. The molecule has 0 aliphatic carbocycles. The van der Waals surface area contributed by atoms with Crippen molar-refractivity contribution in [3.05, 3.63) is 23.3 Å². The normalized spacial score (nSPS) is 13.4. The highest BCUT2D eigenvalue weighted by atomic mass is 79.9. The summed E-state index contributed by atoms with van der Waals surface area (Å²) in [5.74, 6) is 0. The molecule has 0 heterocycles. The zero-order valence-corrected chi connectivity index (χ0v) is 11.4. The Kier molecular flexibility index (Phi) is 9.49. The fourth-order valence-corrected chi connectivity index (χ4v) is 1.50. The lowest BCUT2D eigenvalue weighted by atomic mass is 10.1. The summed E-state index contributed by atoms with van der Waals surface area (Å²) < 4.78 is 0. The molecule has 0 nitrogen and oxygen atoms in total. The molecule has 0 spiro atoms. The molecule has 0 aromatic heterocycles. The van der Waals surface area contributed by atoms with Crippen molar-refractivity contribution in [3.8, 4) is 0 Å². The van der Waals surface area contributed by atoms with E-state index >= 15 is 0 Å². The molecule has 0 aromatic carbocycles. The van der Waals surface area contributed by atoms with E-state index in [9.17, 15) is 0 Å². The molecule has 0 bridgehead atoms. The van der Waals surface area contributed by atoms with Gasteiger partial charge in [-0.2, -0.15) is 0 Å². The van der Waals surface area contributed by atoms with Crippen LogP contribution in [0, 0.1) is 0 Å². The van der Waals surface area contributed by atoms with Crippen LogP contribution in [-0.4, -0.2) is 5.33 Å². The van der Waals surface area contributed by atoms with E-state index < -0.39 is 0 Å². The largest absolute Gasteiger partial charge is 0.0880 e. The van der Waals surface area contributed by atoms with E-state index in [1.807, 2.05) is 0 Å². The van der Waals surface area contributed by atoms with Crippen LogP contribution in [-0.2, 0) is 0 Å². The van der Waals surface area contributed by atoms with Crippen LogP contribution in [0.25, 0.3) is 0 Å². The summed E-state index contributed by atoms with van der Waals surface area (Å²) in [7, 11) is 0. The van der Waals surface area contributed by atoms with Gasteiger partial charge in [-0.3, -0.25) is 0 Å². The molecule has 14 heavy (non-hydrogen) atoms. The van der Waals surface area contributed by atoms with Crippen molar-refractivity contribution in [3.63, 3.8) is 0 Å². The first-order valence-electron chi connectivity index (χ1n) is 5.58. The second-order valence-electron chi connectivity index (χ2n) is 3.93. The Morgan fingerprint density at radius 2 is 1.71 bits per heavy atom. The quantitative estimate of drug-likeness (QED) is 0.333. The number of halogens is 1. The van der Waals surface area contributed by atoms with E-state index in [1.165, 1.54) is 36.8 Å². The molecule has 0 aliphatic rings. The van der Waals surface area contributed by atoms with Gasteiger partial charge in [0.25, 0.3) is 0 Å². The molecule has 0 rings (SSSR count). The summed E-state index contributed by atoms with van der Waals surface area (Å²) in [6.07, 6.45) is 11.0. The number of rotatable bonds is 7. The minimum Gasteiger partial charge on any atom is -0.0880 e. The first-order chi connectivity index (χ1) is 6.70. The van der Waals surface area contributed by atoms with Gasteiger partial charge in [-0.25, -0.2) is 0 Å². The lowest BCUT2D eigenvalue weighted by molar-refractivity contribution is 0.712. The Morgan fingerprint density at radius 1 is 1.07 bits per heavy atom. The van der Waals surface area contributed by atoms with Crippen molar-refractivity contribution in [2.75, 3.05) is 5.33 Å². The monoisotopic (exact) mass is 258 g/mol. The van der Waals surface area contributed by atoms with E-state index in [-0.39, 0.29) is 0 Å². The van der Waals surface area contributed by atoms with Crippen LogP contribution in [0.5, 0.6) is 0 Å². The first-order valence-corrected chi connectivity index (χ1v) is 6.70. The lowest BCUT2D eigenvalue weighted by Gasteiger charge is -1.99. The third-order valence-electron chi connectivity index (χ3n) is 2.32. The van der Waals surface area contributed by atoms with Crippen molar-refractivity contribution in [2.24, 2.45) is 0 Å². The van der Waals surface area contributed by atoms with E-state index in [4.69, 9.17) is 0 Å². The Balaban J connectivity index is 3.65. The van der Waals surface area contributed by atoms with Crippen LogP contribution >= 0.6 is 15.9 Å². The fourth-order valence-electron chi connectivity index (χ4n) is 1.27. The Labute approximate surface area is 97.6 Å². The molecule has 0 N–H and O–H groups in total. The van der Waals surface area contributed by atoms with E-state index in [1.54, 1.807) is 0 Å². The van der Waals surface area contributed by atoms with Crippen molar-refractivity contribution < 1.29 is 0 Å². The van der Waals surface area contributed by atoms with E-state index in [0.29, 0.717) is 0 Å². The predicted octanol–water partition coefficient (Wildman–Crippen LogP) is 5.24. The van der Waals surface area contributed by atoms with Crippen molar-refractivity contribution in [1.29, 1.82) is 0 Å². The van der Waals surface area contributed by atoms with Crippen LogP contribution in [0.1, 0.15) is 52.9 Å². The molecule has 0 aliphatic heterocycles. The molecule has 1 heteroatoms. The van der Waals surface area contributed by atoms with Crippen LogP contribution in [0.3, 0.4) is 0 Å². The van der Waals surface area contributed by atoms with Gasteiger partial charge in [-0.15, -0.1) is 0 Å². The summed E-state index contributed by atoms with van der Waals surface area (Å²) in [6.45, 7) is 6.66. The number of alkyl halides is 1. The van der Waals surface area contributed by atoms with Gasteiger partial charge in [-0.05, 0) is 33.1 Å². The van der Waals surface area contributed by atoms with Gasteiger partial charge in [0.2, 0.25) is 0 Å². The molecule has 0 saturated carbocycles. The van der Waals surface area contributed by atoms with Crippen LogP contribution < -0.4 is 0 Å². The van der Waals surface area contributed by atoms with E-state index in [2.05, 4.69) is 48.9 Å². The van der Waals surface area contributed by atoms with Crippen LogP contribution in [0.4, 0.5) is 0 Å². The molecular formula is C13H23Br. The molecule has 0 amide bonds. The van der Waals surface area contributed by atoms with Crippen molar-refractivity contribution >= 4 is 15.9 Å². The summed E-state index contributed by atoms with van der Waals surface area (Å²) in [6, 6.07) is 0. The smallest absolute Gasteiger partial charge is 0.0239 e. The highest BCUT2D eigenvalue weighted by Crippen LogP contribution is 2.09. The zero-order valence-electron chi connectivity index (χ0n) is 9.78. The standard InChI is InChI=1S/C13H23Br/c1-4-5-6-8-12(2)9-7-10-13(3)11-14/h9-10H,4-8,11H2,1-3H3. The predicted molar refractivity (Wildman–Crippen MR) is 70.1 cm³/mol. The van der Waals surface area contributed by atoms with Crippen molar-refractivity contribution in [1.82, 2.24) is 0 Å². The average Bonchev–Trinajstić information content (AvgIpc) is 2.18. The molecule has 0 radical (unpaired) electrons. The minimum absolute atomic E-state index is 0.996. The summed E-state index contributed by atoms with van der Waals surface area (Å²) in [5, 5.41) is 0.996. The molecular weight excluding hydrogens is 236 g/mol. The maximum absolute atomic E-state index is 3.44. The van der Waals surface area contributed by atoms with Gasteiger partial charge in [0.1, 0.15) is 0 Å². The first kappa shape index (κ1) is 14.0.